The molecular formula is C13H16O3. The van der Waals surface area contributed by atoms with E-state index in [9.17, 15) is 9.59 Å². The van der Waals surface area contributed by atoms with Crippen molar-refractivity contribution in [2.75, 3.05) is 0 Å². The molecule has 3 heteroatoms. The lowest BCUT2D eigenvalue weighted by molar-refractivity contribution is -0.121. The molecule has 2 rings (SSSR count). The molecule has 1 aromatic rings. The molecule has 0 aliphatic heterocycles. The van der Waals surface area contributed by atoms with Crippen molar-refractivity contribution in [3.05, 3.63) is 23.7 Å². The van der Waals surface area contributed by atoms with Gasteiger partial charge in [0.25, 0.3) is 0 Å². The van der Waals surface area contributed by atoms with Gasteiger partial charge in [-0.1, -0.05) is 12.8 Å². The van der Waals surface area contributed by atoms with Crippen molar-refractivity contribution in [1.82, 2.24) is 0 Å². The van der Waals surface area contributed by atoms with Gasteiger partial charge in [-0.05, 0) is 25.8 Å². The monoisotopic (exact) mass is 220 g/mol. The fourth-order valence-corrected chi connectivity index (χ4v) is 2.32. The lowest BCUT2D eigenvalue weighted by Gasteiger charge is -2.06. The standard InChI is InChI=1S/C13H16O3/c1-9-11(6-7-16-9)13(15)8-12(14)10-4-2-3-5-10/h6-7,10H,2-5,8H2,1H3. The average molecular weight is 220 g/mol. The lowest BCUT2D eigenvalue weighted by Crippen LogP contribution is -2.15. The zero-order valence-electron chi connectivity index (χ0n) is 9.49. The number of hydrogen-bond acceptors (Lipinski definition) is 3. The van der Waals surface area contributed by atoms with Crippen molar-refractivity contribution in [1.29, 1.82) is 0 Å². The molecule has 86 valence electrons. The van der Waals surface area contributed by atoms with Gasteiger partial charge in [0.15, 0.2) is 5.78 Å². The molecule has 0 radical (unpaired) electrons. The lowest BCUT2D eigenvalue weighted by atomic mass is 9.96. The molecule has 0 aromatic carbocycles. The Morgan fingerprint density at radius 1 is 1.38 bits per heavy atom. The molecule has 1 aliphatic rings. The van der Waals surface area contributed by atoms with Crippen LogP contribution in [-0.2, 0) is 4.79 Å². The fourth-order valence-electron chi connectivity index (χ4n) is 2.32. The van der Waals surface area contributed by atoms with Crippen LogP contribution in [0.5, 0.6) is 0 Å². The van der Waals surface area contributed by atoms with Crippen molar-refractivity contribution in [2.45, 2.75) is 39.0 Å². The Balaban J connectivity index is 1.97. The Hall–Kier alpha value is -1.38. The van der Waals surface area contributed by atoms with E-state index >= 15 is 0 Å². The molecular weight excluding hydrogens is 204 g/mol. The third-order valence-corrected chi connectivity index (χ3v) is 3.30. The highest BCUT2D eigenvalue weighted by atomic mass is 16.3. The van der Waals surface area contributed by atoms with Crippen molar-refractivity contribution in [2.24, 2.45) is 5.92 Å². The Labute approximate surface area is 94.8 Å². The highest BCUT2D eigenvalue weighted by Gasteiger charge is 2.25. The number of aryl methyl sites for hydroxylation is 1. The predicted molar refractivity (Wildman–Crippen MR) is 59.4 cm³/mol. The molecule has 1 aromatic heterocycles. The largest absolute Gasteiger partial charge is 0.469 e. The van der Waals surface area contributed by atoms with E-state index in [1.807, 2.05) is 0 Å². The predicted octanol–water partition coefficient (Wildman–Crippen LogP) is 2.92. The number of ketones is 2. The first-order valence-electron chi connectivity index (χ1n) is 5.78. The summed E-state index contributed by atoms with van der Waals surface area (Å²) in [6.45, 7) is 1.74. The maximum atomic E-state index is 11.8. The summed E-state index contributed by atoms with van der Waals surface area (Å²) >= 11 is 0. The van der Waals surface area contributed by atoms with E-state index in [0.717, 1.165) is 25.7 Å². The van der Waals surface area contributed by atoms with Crippen molar-refractivity contribution >= 4 is 11.6 Å². The van der Waals surface area contributed by atoms with Gasteiger partial charge in [0.1, 0.15) is 11.5 Å². The molecule has 0 saturated heterocycles. The summed E-state index contributed by atoms with van der Waals surface area (Å²) in [4.78, 5) is 23.6. The molecule has 1 aliphatic carbocycles. The summed E-state index contributed by atoms with van der Waals surface area (Å²) in [6, 6.07) is 1.64. The van der Waals surface area contributed by atoms with Gasteiger partial charge < -0.3 is 4.42 Å². The SMILES string of the molecule is Cc1occc1C(=O)CC(=O)C1CCCC1. The molecule has 0 bridgehead atoms. The van der Waals surface area contributed by atoms with Crippen molar-refractivity contribution < 1.29 is 14.0 Å². The summed E-state index contributed by atoms with van der Waals surface area (Å²) in [7, 11) is 0. The minimum atomic E-state index is -0.108. The summed E-state index contributed by atoms with van der Waals surface area (Å²) in [6.07, 6.45) is 5.67. The third kappa shape index (κ3) is 2.23. The summed E-state index contributed by atoms with van der Waals surface area (Å²) < 4.78 is 5.06. The van der Waals surface area contributed by atoms with Crippen molar-refractivity contribution in [3.8, 4) is 0 Å². The van der Waals surface area contributed by atoms with E-state index in [4.69, 9.17) is 4.42 Å². The number of carbonyl (C=O) groups excluding carboxylic acids is 2. The van der Waals surface area contributed by atoms with Gasteiger partial charge in [0.05, 0.1) is 18.2 Å². The van der Waals surface area contributed by atoms with Crippen LogP contribution in [0, 0.1) is 12.8 Å². The van der Waals surface area contributed by atoms with E-state index in [0.29, 0.717) is 11.3 Å². The molecule has 1 heterocycles. The summed E-state index contributed by atoms with van der Waals surface area (Å²) in [5.41, 5.74) is 0.548. The maximum absolute atomic E-state index is 11.8. The number of hydrogen-bond donors (Lipinski definition) is 0. The van der Waals surface area contributed by atoms with Crippen LogP contribution < -0.4 is 0 Å². The van der Waals surface area contributed by atoms with Gasteiger partial charge in [-0.25, -0.2) is 0 Å². The number of furan rings is 1. The van der Waals surface area contributed by atoms with Gasteiger partial charge >= 0.3 is 0 Å². The molecule has 1 fully saturated rings. The highest BCUT2D eigenvalue weighted by molar-refractivity contribution is 6.09. The topological polar surface area (TPSA) is 47.3 Å². The Bertz CT molecular complexity index is 397. The second kappa shape index (κ2) is 4.64. The van der Waals surface area contributed by atoms with Gasteiger partial charge in [-0.15, -0.1) is 0 Å². The van der Waals surface area contributed by atoms with E-state index in [2.05, 4.69) is 0 Å². The van der Waals surface area contributed by atoms with Gasteiger partial charge in [-0.2, -0.15) is 0 Å². The highest BCUT2D eigenvalue weighted by Crippen LogP contribution is 2.27. The number of carbonyl (C=O) groups is 2. The third-order valence-electron chi connectivity index (χ3n) is 3.30. The van der Waals surface area contributed by atoms with Crippen LogP contribution in [0.15, 0.2) is 16.7 Å². The van der Waals surface area contributed by atoms with Crippen LogP contribution in [0.1, 0.15) is 48.2 Å². The zero-order valence-corrected chi connectivity index (χ0v) is 9.49. The van der Waals surface area contributed by atoms with Crippen LogP contribution in [-0.4, -0.2) is 11.6 Å². The Morgan fingerprint density at radius 3 is 2.62 bits per heavy atom. The van der Waals surface area contributed by atoms with Crippen LogP contribution in [0.3, 0.4) is 0 Å². The molecule has 3 nitrogen and oxygen atoms in total. The molecule has 0 spiro atoms. The smallest absolute Gasteiger partial charge is 0.173 e. The molecule has 0 N–H and O–H groups in total. The quantitative estimate of drug-likeness (QED) is 0.579. The average Bonchev–Trinajstić information content (AvgIpc) is 2.86. The van der Waals surface area contributed by atoms with Gasteiger partial charge in [-0.3, -0.25) is 9.59 Å². The first-order chi connectivity index (χ1) is 7.68. The minimum absolute atomic E-state index is 0.0328. The van der Waals surface area contributed by atoms with E-state index < -0.39 is 0 Å². The number of rotatable bonds is 4. The van der Waals surface area contributed by atoms with E-state index in [1.165, 1.54) is 6.26 Å². The van der Waals surface area contributed by atoms with Gasteiger partial charge in [0.2, 0.25) is 0 Å². The molecule has 1 saturated carbocycles. The van der Waals surface area contributed by atoms with Crippen LogP contribution in [0.2, 0.25) is 0 Å². The second-order valence-electron chi connectivity index (χ2n) is 4.44. The minimum Gasteiger partial charge on any atom is -0.469 e. The normalized spacial score (nSPS) is 16.6. The van der Waals surface area contributed by atoms with Crippen molar-refractivity contribution in [3.63, 3.8) is 0 Å². The molecule has 16 heavy (non-hydrogen) atoms. The number of Topliss-reactive ketones (excluding diaryl/α,β-unsaturated/α-hetero) is 2. The molecule has 0 amide bonds. The zero-order chi connectivity index (χ0) is 11.5. The first-order valence-corrected chi connectivity index (χ1v) is 5.78. The maximum Gasteiger partial charge on any atom is 0.173 e. The summed E-state index contributed by atoms with van der Waals surface area (Å²) in [5, 5.41) is 0. The summed E-state index contributed by atoms with van der Waals surface area (Å²) in [5.74, 6) is 0.714. The fraction of sp³-hybridized carbons (Fsp3) is 0.538. The molecule has 0 atom stereocenters. The van der Waals surface area contributed by atoms with Gasteiger partial charge in [0, 0.05) is 5.92 Å². The first kappa shape index (κ1) is 11.1. The molecule has 0 unspecified atom stereocenters. The van der Waals surface area contributed by atoms with Crippen LogP contribution in [0.4, 0.5) is 0 Å². The van der Waals surface area contributed by atoms with Crippen LogP contribution in [0.25, 0.3) is 0 Å². The Kier molecular flexibility index (Phi) is 3.22. The Morgan fingerprint density at radius 2 is 2.06 bits per heavy atom. The van der Waals surface area contributed by atoms with E-state index in [1.54, 1.807) is 13.0 Å². The van der Waals surface area contributed by atoms with E-state index in [-0.39, 0.29) is 23.9 Å². The second-order valence-corrected chi connectivity index (χ2v) is 4.44. The van der Waals surface area contributed by atoms with Crippen LogP contribution >= 0.6 is 0 Å².